The van der Waals surface area contributed by atoms with E-state index in [1.165, 1.54) is 51.4 Å². The van der Waals surface area contributed by atoms with Gasteiger partial charge in [0.2, 0.25) is 0 Å². The molecule has 0 amide bonds. The van der Waals surface area contributed by atoms with Crippen LogP contribution in [0, 0.1) is 0 Å². The molecule has 2 N–H and O–H groups in total. The third-order valence-corrected chi connectivity index (χ3v) is 2.23. The third kappa shape index (κ3) is 11.7. The minimum atomic E-state index is 0.860. The molecule has 1 heteroatoms. The summed E-state index contributed by atoms with van der Waals surface area (Å²) in [4.78, 5) is 0. The highest BCUT2D eigenvalue weighted by Crippen LogP contribution is 2.07. The number of allylic oxidation sites excluding steroid dienone is 2. The lowest BCUT2D eigenvalue weighted by atomic mass is 10.1. The monoisotopic (exact) mass is 183 g/mol. The van der Waals surface area contributed by atoms with Gasteiger partial charge < -0.3 is 5.73 Å². The van der Waals surface area contributed by atoms with Crippen LogP contribution in [-0.4, -0.2) is 6.54 Å². The standard InChI is InChI=1S/C12H25N/c1-2-3-4-5-6-7-8-9-10-11-12-13/h3-4H,2,5-13H2,1H3/b4-3-. The lowest BCUT2D eigenvalue weighted by Crippen LogP contribution is -1.97. The van der Waals surface area contributed by atoms with Gasteiger partial charge in [0, 0.05) is 0 Å². The van der Waals surface area contributed by atoms with Crippen molar-refractivity contribution in [3.8, 4) is 0 Å². The number of unbranched alkanes of at least 4 members (excludes halogenated alkanes) is 6. The molecule has 13 heavy (non-hydrogen) atoms. The second kappa shape index (κ2) is 11.7. The maximum absolute atomic E-state index is 5.42. The maximum atomic E-state index is 5.42. The van der Waals surface area contributed by atoms with Crippen molar-refractivity contribution in [1.82, 2.24) is 0 Å². The van der Waals surface area contributed by atoms with Crippen molar-refractivity contribution >= 4 is 0 Å². The Morgan fingerprint density at radius 2 is 1.46 bits per heavy atom. The molecular weight excluding hydrogens is 158 g/mol. The molecule has 78 valence electrons. The number of nitrogens with two attached hydrogens (primary N) is 1. The smallest absolute Gasteiger partial charge is 0.00773 e. The molecule has 0 aliphatic heterocycles. The fourth-order valence-corrected chi connectivity index (χ4v) is 1.40. The van der Waals surface area contributed by atoms with Crippen LogP contribution in [0.1, 0.15) is 58.3 Å². The molecule has 0 heterocycles. The summed E-state index contributed by atoms with van der Waals surface area (Å²) < 4.78 is 0. The molecule has 0 atom stereocenters. The van der Waals surface area contributed by atoms with Crippen molar-refractivity contribution in [2.75, 3.05) is 6.54 Å². The number of hydrogen-bond donors (Lipinski definition) is 1. The average molecular weight is 183 g/mol. The Kier molecular flexibility index (Phi) is 11.4. The molecule has 0 aliphatic carbocycles. The quantitative estimate of drug-likeness (QED) is 0.428. The van der Waals surface area contributed by atoms with Gasteiger partial charge in [0.1, 0.15) is 0 Å². The summed E-state index contributed by atoms with van der Waals surface area (Å²) in [5.74, 6) is 0. The summed E-state index contributed by atoms with van der Waals surface area (Å²) in [7, 11) is 0. The predicted molar refractivity (Wildman–Crippen MR) is 60.8 cm³/mol. The zero-order valence-electron chi connectivity index (χ0n) is 9.10. The van der Waals surface area contributed by atoms with Gasteiger partial charge in [-0.2, -0.15) is 0 Å². The van der Waals surface area contributed by atoms with Crippen LogP contribution in [0.25, 0.3) is 0 Å². The molecule has 0 aromatic rings. The fraction of sp³-hybridized carbons (Fsp3) is 0.833. The predicted octanol–water partition coefficient (Wildman–Crippen LogP) is 3.64. The van der Waals surface area contributed by atoms with E-state index in [-0.39, 0.29) is 0 Å². The first-order valence-electron chi connectivity index (χ1n) is 5.77. The minimum Gasteiger partial charge on any atom is -0.330 e. The molecular formula is C12H25N. The Bertz CT molecular complexity index is 108. The van der Waals surface area contributed by atoms with Gasteiger partial charge in [-0.05, 0) is 32.2 Å². The molecule has 0 rings (SSSR count). The lowest BCUT2D eigenvalue weighted by molar-refractivity contribution is 0.600. The van der Waals surface area contributed by atoms with E-state index in [0.29, 0.717) is 0 Å². The lowest BCUT2D eigenvalue weighted by Gasteiger charge is -1.98. The van der Waals surface area contributed by atoms with Crippen LogP contribution in [0.15, 0.2) is 12.2 Å². The minimum absolute atomic E-state index is 0.860. The van der Waals surface area contributed by atoms with Gasteiger partial charge in [0.05, 0.1) is 0 Å². The van der Waals surface area contributed by atoms with Crippen LogP contribution < -0.4 is 5.73 Å². The first-order valence-corrected chi connectivity index (χ1v) is 5.77. The Balaban J connectivity index is 2.87. The molecule has 0 saturated heterocycles. The van der Waals surface area contributed by atoms with E-state index in [0.717, 1.165) is 6.54 Å². The van der Waals surface area contributed by atoms with Gasteiger partial charge in [0.15, 0.2) is 0 Å². The fourth-order valence-electron chi connectivity index (χ4n) is 1.40. The first kappa shape index (κ1) is 12.7. The third-order valence-electron chi connectivity index (χ3n) is 2.23. The van der Waals surface area contributed by atoms with Gasteiger partial charge >= 0.3 is 0 Å². The van der Waals surface area contributed by atoms with Crippen molar-refractivity contribution in [2.24, 2.45) is 5.73 Å². The topological polar surface area (TPSA) is 26.0 Å². The maximum Gasteiger partial charge on any atom is -0.00773 e. The molecule has 0 bridgehead atoms. The van der Waals surface area contributed by atoms with Gasteiger partial charge in [0.25, 0.3) is 0 Å². The zero-order valence-corrected chi connectivity index (χ0v) is 9.10. The summed E-state index contributed by atoms with van der Waals surface area (Å²) in [6.45, 7) is 3.04. The molecule has 0 fully saturated rings. The first-order chi connectivity index (χ1) is 6.41. The molecule has 0 aromatic heterocycles. The number of rotatable bonds is 9. The van der Waals surface area contributed by atoms with Crippen molar-refractivity contribution in [3.05, 3.63) is 12.2 Å². The van der Waals surface area contributed by atoms with E-state index in [9.17, 15) is 0 Å². The van der Waals surface area contributed by atoms with Crippen LogP contribution in [0.5, 0.6) is 0 Å². The van der Waals surface area contributed by atoms with Gasteiger partial charge in [-0.3, -0.25) is 0 Å². The Hall–Kier alpha value is -0.300. The van der Waals surface area contributed by atoms with Crippen molar-refractivity contribution in [2.45, 2.75) is 58.3 Å². The van der Waals surface area contributed by atoms with Crippen LogP contribution in [-0.2, 0) is 0 Å². The molecule has 0 saturated carbocycles. The summed E-state index contributed by atoms with van der Waals surface area (Å²) in [6, 6.07) is 0. The van der Waals surface area contributed by atoms with Crippen LogP contribution in [0.2, 0.25) is 0 Å². The van der Waals surface area contributed by atoms with E-state index in [1.807, 2.05) is 0 Å². The molecule has 1 nitrogen and oxygen atoms in total. The van der Waals surface area contributed by atoms with Gasteiger partial charge in [-0.15, -0.1) is 0 Å². The molecule has 0 radical (unpaired) electrons. The van der Waals surface area contributed by atoms with Gasteiger partial charge in [-0.1, -0.05) is 44.8 Å². The summed E-state index contributed by atoms with van der Waals surface area (Å²) in [5, 5.41) is 0. The van der Waals surface area contributed by atoms with Crippen LogP contribution >= 0.6 is 0 Å². The highest BCUT2D eigenvalue weighted by atomic mass is 14.5. The second-order valence-electron chi connectivity index (χ2n) is 3.58. The summed E-state index contributed by atoms with van der Waals surface area (Å²) in [6.07, 6.45) is 15.0. The van der Waals surface area contributed by atoms with E-state index in [1.54, 1.807) is 0 Å². The highest BCUT2D eigenvalue weighted by Gasteiger charge is 1.88. The molecule has 0 aliphatic rings. The van der Waals surface area contributed by atoms with Gasteiger partial charge in [-0.25, -0.2) is 0 Å². The SMILES string of the molecule is CC/C=C\CCCCCCCCN. The zero-order chi connectivity index (χ0) is 9.78. The molecule has 0 aromatic carbocycles. The van der Waals surface area contributed by atoms with Crippen molar-refractivity contribution in [3.63, 3.8) is 0 Å². The largest absolute Gasteiger partial charge is 0.330 e. The normalized spacial score (nSPS) is 11.2. The Morgan fingerprint density at radius 1 is 0.846 bits per heavy atom. The Labute approximate surface area is 83.4 Å². The van der Waals surface area contributed by atoms with E-state index in [4.69, 9.17) is 5.73 Å². The summed E-state index contributed by atoms with van der Waals surface area (Å²) in [5.41, 5.74) is 5.42. The Morgan fingerprint density at radius 3 is 2.08 bits per heavy atom. The molecule has 0 unspecified atom stereocenters. The van der Waals surface area contributed by atoms with Crippen LogP contribution in [0.4, 0.5) is 0 Å². The number of hydrogen-bond acceptors (Lipinski definition) is 1. The van der Waals surface area contributed by atoms with E-state index >= 15 is 0 Å². The molecule has 0 spiro atoms. The average Bonchev–Trinajstić information content (AvgIpc) is 2.16. The second-order valence-corrected chi connectivity index (χ2v) is 3.58. The van der Waals surface area contributed by atoms with E-state index in [2.05, 4.69) is 19.1 Å². The van der Waals surface area contributed by atoms with Crippen molar-refractivity contribution < 1.29 is 0 Å². The van der Waals surface area contributed by atoms with E-state index < -0.39 is 0 Å². The highest BCUT2D eigenvalue weighted by molar-refractivity contribution is 4.79. The van der Waals surface area contributed by atoms with Crippen LogP contribution in [0.3, 0.4) is 0 Å². The summed E-state index contributed by atoms with van der Waals surface area (Å²) >= 11 is 0. The van der Waals surface area contributed by atoms with Crippen molar-refractivity contribution in [1.29, 1.82) is 0 Å².